The first kappa shape index (κ1) is 12.2. The van der Waals surface area contributed by atoms with Gasteiger partial charge >= 0.3 is 0 Å². The molecular formula is C11H20F2N2O. The largest absolute Gasteiger partial charge is 0.390 e. The van der Waals surface area contributed by atoms with Gasteiger partial charge in [-0.05, 0) is 38.8 Å². The number of alkyl halides is 2. The smallest absolute Gasteiger partial charge is 0.282 e. The van der Waals surface area contributed by atoms with Gasteiger partial charge < -0.3 is 15.3 Å². The number of hydrogen-bond acceptors (Lipinski definition) is 3. The van der Waals surface area contributed by atoms with Gasteiger partial charge in [-0.25, -0.2) is 8.78 Å². The molecule has 0 aromatic carbocycles. The van der Waals surface area contributed by atoms with Gasteiger partial charge in [-0.3, -0.25) is 0 Å². The van der Waals surface area contributed by atoms with Gasteiger partial charge in [-0.2, -0.15) is 0 Å². The molecule has 0 aromatic rings. The zero-order valence-corrected chi connectivity index (χ0v) is 9.46. The summed E-state index contributed by atoms with van der Waals surface area (Å²) in [6.45, 7) is 0.723. The van der Waals surface area contributed by atoms with Crippen LogP contribution in [-0.4, -0.2) is 54.3 Å². The predicted molar refractivity (Wildman–Crippen MR) is 57.7 cm³/mol. The van der Waals surface area contributed by atoms with E-state index in [0.717, 1.165) is 19.4 Å². The molecule has 0 spiro atoms. The SMILES string of the molecule is OCC(F)(F)CNC1CCN2CCCC2C1. The second kappa shape index (κ2) is 4.94. The molecule has 0 amide bonds. The molecule has 3 nitrogen and oxygen atoms in total. The summed E-state index contributed by atoms with van der Waals surface area (Å²) in [5, 5.41) is 11.4. The van der Waals surface area contributed by atoms with E-state index in [0.29, 0.717) is 6.04 Å². The number of rotatable bonds is 4. The van der Waals surface area contributed by atoms with Crippen molar-refractivity contribution in [2.75, 3.05) is 26.2 Å². The minimum absolute atomic E-state index is 0.191. The summed E-state index contributed by atoms with van der Waals surface area (Å²) in [5.74, 6) is -2.98. The monoisotopic (exact) mass is 234 g/mol. The van der Waals surface area contributed by atoms with Crippen LogP contribution in [0.25, 0.3) is 0 Å². The summed E-state index contributed by atoms with van der Waals surface area (Å²) >= 11 is 0. The number of piperidine rings is 1. The molecule has 2 atom stereocenters. The van der Waals surface area contributed by atoms with Gasteiger partial charge in [0.2, 0.25) is 0 Å². The second-order valence-corrected chi connectivity index (χ2v) is 4.95. The van der Waals surface area contributed by atoms with Crippen LogP contribution in [-0.2, 0) is 0 Å². The molecule has 0 saturated carbocycles. The summed E-state index contributed by atoms with van der Waals surface area (Å²) in [6, 6.07) is 0.783. The highest BCUT2D eigenvalue weighted by atomic mass is 19.3. The van der Waals surface area contributed by atoms with Crippen LogP contribution in [0.5, 0.6) is 0 Å². The minimum atomic E-state index is -2.98. The van der Waals surface area contributed by atoms with E-state index >= 15 is 0 Å². The Kier molecular flexibility index (Phi) is 3.77. The average molecular weight is 234 g/mol. The topological polar surface area (TPSA) is 35.5 Å². The van der Waals surface area contributed by atoms with Crippen LogP contribution < -0.4 is 5.32 Å². The van der Waals surface area contributed by atoms with E-state index < -0.39 is 19.1 Å². The van der Waals surface area contributed by atoms with Crippen molar-refractivity contribution in [1.82, 2.24) is 10.2 Å². The molecule has 94 valence electrons. The van der Waals surface area contributed by atoms with Gasteiger partial charge in [0.05, 0.1) is 6.54 Å². The summed E-state index contributed by atoms with van der Waals surface area (Å²) in [6.07, 6.45) is 4.36. The molecule has 2 aliphatic heterocycles. The van der Waals surface area contributed by atoms with Gasteiger partial charge in [0, 0.05) is 12.1 Å². The highest BCUT2D eigenvalue weighted by Gasteiger charge is 2.34. The fourth-order valence-electron chi connectivity index (χ4n) is 2.76. The Labute approximate surface area is 94.8 Å². The molecule has 2 aliphatic rings. The van der Waals surface area contributed by atoms with Crippen molar-refractivity contribution in [2.45, 2.75) is 43.7 Å². The van der Waals surface area contributed by atoms with Crippen LogP contribution in [0.1, 0.15) is 25.7 Å². The molecule has 2 fully saturated rings. The standard InChI is InChI=1S/C11H20F2N2O/c12-11(13,8-16)7-14-9-3-5-15-4-1-2-10(15)6-9/h9-10,14,16H,1-8H2. The van der Waals surface area contributed by atoms with Gasteiger partial charge in [-0.1, -0.05) is 0 Å². The fourth-order valence-corrected chi connectivity index (χ4v) is 2.76. The molecule has 0 radical (unpaired) electrons. The maximum absolute atomic E-state index is 12.9. The zero-order valence-electron chi connectivity index (χ0n) is 9.46. The number of hydrogen-bond donors (Lipinski definition) is 2. The summed E-state index contributed by atoms with van der Waals surface area (Å²) in [7, 11) is 0. The highest BCUT2D eigenvalue weighted by molar-refractivity contribution is 4.89. The quantitative estimate of drug-likeness (QED) is 0.756. The van der Waals surface area contributed by atoms with Crippen molar-refractivity contribution in [2.24, 2.45) is 0 Å². The van der Waals surface area contributed by atoms with Gasteiger partial charge in [0.1, 0.15) is 6.61 Å². The molecule has 2 rings (SSSR count). The average Bonchev–Trinajstić information content (AvgIpc) is 2.73. The number of aliphatic hydroxyl groups excluding tert-OH is 1. The first-order valence-corrected chi connectivity index (χ1v) is 6.07. The molecule has 2 unspecified atom stereocenters. The predicted octanol–water partition coefficient (Wildman–Crippen LogP) is 0.830. The van der Waals surface area contributed by atoms with Crippen molar-refractivity contribution in [3.05, 3.63) is 0 Å². The number of fused-ring (bicyclic) bond motifs is 1. The lowest BCUT2D eigenvalue weighted by molar-refractivity contribution is -0.0508. The molecule has 0 aromatic heterocycles. The number of nitrogens with zero attached hydrogens (tertiary/aromatic N) is 1. The van der Waals surface area contributed by atoms with Crippen LogP contribution in [0, 0.1) is 0 Å². The van der Waals surface area contributed by atoms with Crippen molar-refractivity contribution >= 4 is 0 Å². The molecular weight excluding hydrogens is 214 g/mol. The van der Waals surface area contributed by atoms with Gasteiger partial charge in [0.15, 0.2) is 0 Å². The highest BCUT2D eigenvalue weighted by Crippen LogP contribution is 2.27. The third-order valence-corrected chi connectivity index (χ3v) is 3.70. The van der Waals surface area contributed by atoms with E-state index in [1.54, 1.807) is 0 Å². The second-order valence-electron chi connectivity index (χ2n) is 4.95. The van der Waals surface area contributed by atoms with Gasteiger partial charge in [-0.15, -0.1) is 0 Å². The summed E-state index contributed by atoms with van der Waals surface area (Å²) < 4.78 is 25.7. The Balaban J connectivity index is 1.75. The van der Waals surface area contributed by atoms with E-state index in [-0.39, 0.29) is 6.04 Å². The molecule has 5 heteroatoms. The first-order valence-electron chi connectivity index (χ1n) is 6.07. The third kappa shape index (κ3) is 2.90. The fraction of sp³-hybridized carbons (Fsp3) is 1.00. The van der Waals surface area contributed by atoms with Crippen LogP contribution in [0.15, 0.2) is 0 Å². The number of halogens is 2. The number of nitrogens with one attached hydrogen (secondary N) is 1. The molecule has 2 heterocycles. The Morgan fingerprint density at radius 3 is 2.88 bits per heavy atom. The van der Waals surface area contributed by atoms with E-state index in [1.807, 2.05) is 0 Å². The maximum atomic E-state index is 12.9. The summed E-state index contributed by atoms with van der Waals surface area (Å²) in [5.41, 5.74) is 0. The molecule has 0 bridgehead atoms. The maximum Gasteiger partial charge on any atom is 0.282 e. The van der Waals surface area contributed by atoms with Crippen molar-refractivity contribution in [3.63, 3.8) is 0 Å². The lowest BCUT2D eigenvalue weighted by Crippen LogP contribution is -2.49. The van der Waals surface area contributed by atoms with Crippen LogP contribution in [0.3, 0.4) is 0 Å². The first-order chi connectivity index (χ1) is 7.61. The molecule has 16 heavy (non-hydrogen) atoms. The molecule has 2 saturated heterocycles. The molecule has 2 N–H and O–H groups in total. The minimum Gasteiger partial charge on any atom is -0.390 e. The normalized spacial score (nSPS) is 31.7. The van der Waals surface area contributed by atoms with Crippen molar-refractivity contribution < 1.29 is 13.9 Å². The summed E-state index contributed by atoms with van der Waals surface area (Å²) in [4.78, 5) is 2.46. The van der Waals surface area contributed by atoms with Gasteiger partial charge in [0.25, 0.3) is 5.92 Å². The lowest BCUT2D eigenvalue weighted by atomic mass is 9.97. The van der Waals surface area contributed by atoms with Crippen LogP contribution in [0.2, 0.25) is 0 Å². The third-order valence-electron chi connectivity index (χ3n) is 3.70. The lowest BCUT2D eigenvalue weighted by Gasteiger charge is -2.35. The molecule has 0 aliphatic carbocycles. The van der Waals surface area contributed by atoms with Crippen LogP contribution in [0.4, 0.5) is 8.78 Å². The zero-order chi connectivity index (χ0) is 11.6. The number of aliphatic hydroxyl groups is 1. The van der Waals surface area contributed by atoms with E-state index in [4.69, 9.17) is 5.11 Å². The van der Waals surface area contributed by atoms with E-state index in [2.05, 4.69) is 10.2 Å². The van der Waals surface area contributed by atoms with Crippen molar-refractivity contribution in [3.8, 4) is 0 Å². The Morgan fingerprint density at radius 1 is 1.31 bits per heavy atom. The van der Waals surface area contributed by atoms with Crippen molar-refractivity contribution in [1.29, 1.82) is 0 Å². The Bertz CT molecular complexity index is 238. The van der Waals surface area contributed by atoms with E-state index in [9.17, 15) is 8.78 Å². The van der Waals surface area contributed by atoms with Crippen LogP contribution >= 0.6 is 0 Å². The Hall–Kier alpha value is -0.260. The van der Waals surface area contributed by atoms with E-state index in [1.165, 1.54) is 19.4 Å². The Morgan fingerprint density at radius 2 is 2.12 bits per heavy atom.